The predicted molar refractivity (Wildman–Crippen MR) is 124 cm³/mol. The normalized spacial score (nSPS) is 10.8. The van der Waals surface area contributed by atoms with E-state index in [-0.39, 0.29) is 5.91 Å². The number of carbonyl (C=O) groups is 1. The van der Waals surface area contributed by atoms with E-state index in [2.05, 4.69) is 17.0 Å². The van der Waals surface area contributed by atoms with Crippen LogP contribution in [0.4, 0.5) is 5.82 Å². The van der Waals surface area contributed by atoms with Crippen LogP contribution < -0.4 is 4.90 Å². The molecule has 3 rings (SSSR count). The van der Waals surface area contributed by atoms with Gasteiger partial charge < -0.3 is 14.7 Å². The first-order chi connectivity index (χ1) is 14.5. The smallest absolute Gasteiger partial charge is 0.257 e. The highest BCUT2D eigenvalue weighted by atomic mass is 16.2. The van der Waals surface area contributed by atoms with Crippen LogP contribution in [0.3, 0.4) is 0 Å². The largest absolute Gasteiger partial charge is 0.362 e. The van der Waals surface area contributed by atoms with Gasteiger partial charge in [0, 0.05) is 39.3 Å². The van der Waals surface area contributed by atoms with Crippen molar-refractivity contribution in [3.05, 3.63) is 83.9 Å². The number of rotatable bonds is 8. The van der Waals surface area contributed by atoms with E-state index in [0.29, 0.717) is 24.5 Å². The first-order valence-corrected chi connectivity index (χ1v) is 10.2. The Morgan fingerprint density at radius 3 is 2.03 bits per heavy atom. The Bertz CT molecular complexity index is 955. The molecule has 0 radical (unpaired) electrons. The van der Waals surface area contributed by atoms with Crippen LogP contribution in [0.1, 0.15) is 15.9 Å². The molecule has 0 aliphatic carbocycles. The summed E-state index contributed by atoms with van der Waals surface area (Å²) in [6.07, 6.45) is 0. The molecule has 30 heavy (non-hydrogen) atoms. The summed E-state index contributed by atoms with van der Waals surface area (Å²) in [6.45, 7) is 2.01. The third-order valence-corrected chi connectivity index (χ3v) is 4.92. The Balaban J connectivity index is 1.94. The molecule has 5 nitrogen and oxygen atoms in total. The molecule has 0 fully saturated rings. The number of amides is 1. The zero-order chi connectivity index (χ0) is 21.5. The van der Waals surface area contributed by atoms with Gasteiger partial charge in [0.05, 0.1) is 11.3 Å². The summed E-state index contributed by atoms with van der Waals surface area (Å²) in [5.74, 6) is 0.681. The van der Waals surface area contributed by atoms with Crippen LogP contribution >= 0.6 is 0 Å². The highest BCUT2D eigenvalue weighted by Gasteiger charge is 2.22. The fraction of sp³-hybridized carbons (Fsp3) is 0.280. The molecule has 1 heterocycles. The summed E-state index contributed by atoms with van der Waals surface area (Å²) in [5.41, 5.74) is 3.63. The summed E-state index contributed by atoms with van der Waals surface area (Å²) >= 11 is 0. The molecule has 2 aromatic carbocycles. The summed E-state index contributed by atoms with van der Waals surface area (Å²) < 4.78 is 0. The zero-order valence-corrected chi connectivity index (χ0v) is 18.2. The van der Waals surface area contributed by atoms with Crippen molar-refractivity contribution in [2.75, 3.05) is 46.2 Å². The first kappa shape index (κ1) is 21.5. The molecule has 5 heteroatoms. The van der Waals surface area contributed by atoms with Crippen LogP contribution in [0.2, 0.25) is 0 Å². The maximum atomic E-state index is 13.6. The topological polar surface area (TPSA) is 39.7 Å². The minimum absolute atomic E-state index is 0.00323. The molecular formula is C25H30N4O. The van der Waals surface area contributed by atoms with Crippen molar-refractivity contribution in [2.45, 2.75) is 6.54 Å². The second-order valence-electron chi connectivity index (χ2n) is 7.84. The molecule has 0 aliphatic rings. The number of aromatic nitrogens is 1. The van der Waals surface area contributed by atoms with E-state index >= 15 is 0 Å². The van der Waals surface area contributed by atoms with E-state index < -0.39 is 0 Å². The van der Waals surface area contributed by atoms with Crippen LogP contribution in [0.25, 0.3) is 11.3 Å². The van der Waals surface area contributed by atoms with Crippen molar-refractivity contribution in [1.82, 2.24) is 14.8 Å². The van der Waals surface area contributed by atoms with Crippen LogP contribution in [0.5, 0.6) is 0 Å². The highest BCUT2D eigenvalue weighted by Crippen LogP contribution is 2.25. The second-order valence-corrected chi connectivity index (χ2v) is 7.84. The SMILES string of the molecule is CN(C)CCN(Cc1ccccc1)C(=O)c1ccc(-c2ccccc2)nc1N(C)C. The molecule has 0 bridgehead atoms. The lowest BCUT2D eigenvalue weighted by atomic mass is 10.1. The van der Waals surface area contributed by atoms with Gasteiger partial charge in [-0.05, 0) is 31.8 Å². The van der Waals surface area contributed by atoms with Gasteiger partial charge in [0.1, 0.15) is 5.82 Å². The van der Waals surface area contributed by atoms with Crippen molar-refractivity contribution in [2.24, 2.45) is 0 Å². The molecule has 0 atom stereocenters. The third kappa shape index (κ3) is 5.45. The number of hydrogen-bond acceptors (Lipinski definition) is 4. The van der Waals surface area contributed by atoms with Gasteiger partial charge in [-0.3, -0.25) is 4.79 Å². The lowest BCUT2D eigenvalue weighted by molar-refractivity contribution is 0.0732. The molecular weight excluding hydrogens is 372 g/mol. The predicted octanol–water partition coefficient (Wildman–Crippen LogP) is 4.02. The van der Waals surface area contributed by atoms with Crippen molar-refractivity contribution < 1.29 is 4.79 Å². The van der Waals surface area contributed by atoms with Gasteiger partial charge >= 0.3 is 0 Å². The maximum absolute atomic E-state index is 13.6. The summed E-state index contributed by atoms with van der Waals surface area (Å²) in [6, 6.07) is 24.0. The minimum Gasteiger partial charge on any atom is -0.362 e. The molecule has 1 amide bonds. The van der Waals surface area contributed by atoms with Crippen molar-refractivity contribution in [1.29, 1.82) is 0 Å². The zero-order valence-electron chi connectivity index (χ0n) is 18.2. The number of benzene rings is 2. The Labute approximate surface area is 179 Å². The van der Waals surface area contributed by atoms with Crippen molar-refractivity contribution >= 4 is 11.7 Å². The standard InChI is InChI=1S/C25H30N4O/c1-27(2)17-18-29(19-20-11-7-5-8-12-20)25(30)22-15-16-23(26-24(22)28(3)4)21-13-9-6-10-14-21/h5-16H,17-19H2,1-4H3. The lowest BCUT2D eigenvalue weighted by Crippen LogP contribution is -2.37. The van der Waals surface area contributed by atoms with Gasteiger partial charge in [-0.2, -0.15) is 0 Å². The molecule has 0 saturated carbocycles. The summed E-state index contributed by atoms with van der Waals surface area (Å²) in [7, 11) is 7.89. The quantitative estimate of drug-likeness (QED) is 0.571. The molecule has 0 N–H and O–H groups in total. The first-order valence-electron chi connectivity index (χ1n) is 10.2. The van der Waals surface area contributed by atoms with Gasteiger partial charge in [-0.15, -0.1) is 0 Å². The number of pyridine rings is 1. The van der Waals surface area contributed by atoms with Crippen LogP contribution in [0, 0.1) is 0 Å². The molecule has 0 saturated heterocycles. The molecule has 3 aromatic rings. The number of anilines is 1. The van der Waals surface area contributed by atoms with Crippen molar-refractivity contribution in [3.63, 3.8) is 0 Å². The van der Waals surface area contributed by atoms with Gasteiger partial charge in [0.2, 0.25) is 0 Å². The van der Waals surface area contributed by atoms with Crippen LogP contribution in [-0.4, -0.2) is 62.0 Å². The number of nitrogens with zero attached hydrogens (tertiary/aromatic N) is 4. The Morgan fingerprint density at radius 1 is 0.800 bits per heavy atom. The van der Waals surface area contributed by atoms with Crippen molar-refractivity contribution in [3.8, 4) is 11.3 Å². The lowest BCUT2D eigenvalue weighted by Gasteiger charge is -2.26. The highest BCUT2D eigenvalue weighted by molar-refractivity contribution is 5.99. The Hall–Kier alpha value is -3.18. The molecule has 0 spiro atoms. The fourth-order valence-electron chi connectivity index (χ4n) is 3.27. The van der Waals surface area contributed by atoms with Crippen LogP contribution in [-0.2, 0) is 6.54 Å². The Kier molecular flexibility index (Phi) is 7.20. The second kappa shape index (κ2) is 10.0. The van der Waals surface area contributed by atoms with Gasteiger partial charge in [0.25, 0.3) is 5.91 Å². The number of likely N-dealkylation sites (N-methyl/N-ethyl adjacent to an activating group) is 1. The van der Waals surface area contributed by atoms with Gasteiger partial charge in [-0.25, -0.2) is 4.98 Å². The maximum Gasteiger partial charge on any atom is 0.257 e. The van der Waals surface area contributed by atoms with Crippen LogP contribution in [0.15, 0.2) is 72.8 Å². The number of carbonyl (C=O) groups excluding carboxylic acids is 1. The molecule has 0 unspecified atom stereocenters. The average molecular weight is 403 g/mol. The third-order valence-electron chi connectivity index (χ3n) is 4.92. The molecule has 0 aliphatic heterocycles. The van der Waals surface area contributed by atoms with E-state index in [0.717, 1.165) is 23.4 Å². The molecule has 156 valence electrons. The Morgan fingerprint density at radius 2 is 1.43 bits per heavy atom. The van der Waals surface area contributed by atoms with E-state index in [9.17, 15) is 4.79 Å². The number of hydrogen-bond donors (Lipinski definition) is 0. The van der Waals surface area contributed by atoms with E-state index in [1.165, 1.54) is 0 Å². The fourth-order valence-corrected chi connectivity index (χ4v) is 3.27. The summed E-state index contributed by atoms with van der Waals surface area (Å²) in [4.78, 5) is 24.3. The van der Waals surface area contributed by atoms with Gasteiger partial charge in [0.15, 0.2) is 0 Å². The summed E-state index contributed by atoms with van der Waals surface area (Å²) in [5, 5.41) is 0. The molecule has 1 aromatic heterocycles. The monoisotopic (exact) mass is 402 g/mol. The van der Waals surface area contributed by atoms with E-state index in [1.807, 2.05) is 98.7 Å². The average Bonchev–Trinajstić information content (AvgIpc) is 2.77. The van der Waals surface area contributed by atoms with E-state index in [1.54, 1.807) is 0 Å². The van der Waals surface area contributed by atoms with Gasteiger partial charge in [-0.1, -0.05) is 60.7 Å². The van der Waals surface area contributed by atoms with E-state index in [4.69, 9.17) is 4.98 Å². The minimum atomic E-state index is -0.00323.